The van der Waals surface area contributed by atoms with Gasteiger partial charge in [0.1, 0.15) is 5.76 Å². The number of carboxylic acids is 1. The van der Waals surface area contributed by atoms with Gasteiger partial charge in [-0.3, -0.25) is 9.59 Å². The van der Waals surface area contributed by atoms with E-state index in [9.17, 15) is 24.6 Å². The van der Waals surface area contributed by atoms with Gasteiger partial charge >= 0.3 is 17.9 Å². The van der Waals surface area contributed by atoms with Crippen LogP contribution >= 0.6 is 0 Å². The van der Waals surface area contributed by atoms with Crippen molar-refractivity contribution in [2.75, 3.05) is 7.11 Å². The zero-order valence-corrected chi connectivity index (χ0v) is 21.6. The molecular formula is C30H30O9. The summed E-state index contributed by atoms with van der Waals surface area (Å²) in [6, 6.07) is 12.1. The Kier molecular flexibility index (Phi) is 6.14. The molecule has 0 unspecified atom stereocenters. The topological polar surface area (TPSA) is 129 Å². The molecule has 1 saturated carbocycles. The molecule has 3 aliphatic carbocycles. The molecule has 2 aromatic rings. The van der Waals surface area contributed by atoms with Crippen LogP contribution < -0.4 is 9.47 Å². The van der Waals surface area contributed by atoms with Crippen molar-refractivity contribution in [3.05, 3.63) is 71.0 Å². The van der Waals surface area contributed by atoms with Crippen LogP contribution in [0.15, 0.2) is 54.3 Å². The van der Waals surface area contributed by atoms with E-state index in [1.54, 1.807) is 43.5 Å². The van der Waals surface area contributed by atoms with Crippen molar-refractivity contribution in [3.63, 3.8) is 0 Å². The lowest BCUT2D eigenvalue weighted by Crippen LogP contribution is -2.67. The molecule has 1 heterocycles. The van der Waals surface area contributed by atoms with Gasteiger partial charge in [0, 0.05) is 11.1 Å². The van der Waals surface area contributed by atoms with E-state index in [1.807, 2.05) is 12.1 Å². The Morgan fingerprint density at radius 1 is 1.10 bits per heavy atom. The molecule has 204 valence electrons. The normalized spacial score (nSPS) is 28.3. The number of methoxy groups -OCH3 is 1. The molecule has 0 amide bonds. The summed E-state index contributed by atoms with van der Waals surface area (Å²) < 4.78 is 22.9. The lowest BCUT2D eigenvalue weighted by molar-refractivity contribution is -0.166. The van der Waals surface area contributed by atoms with Gasteiger partial charge in [0.2, 0.25) is 6.10 Å². The Bertz CT molecular complexity index is 1370. The van der Waals surface area contributed by atoms with Gasteiger partial charge in [-0.2, -0.15) is 0 Å². The average Bonchev–Trinajstić information content (AvgIpc) is 3.27. The third-order valence-electron chi connectivity index (χ3n) is 8.81. The van der Waals surface area contributed by atoms with Crippen molar-refractivity contribution >= 4 is 17.9 Å². The zero-order chi connectivity index (χ0) is 27.4. The predicted octanol–water partition coefficient (Wildman–Crippen LogP) is 3.76. The van der Waals surface area contributed by atoms with E-state index in [4.69, 9.17) is 18.9 Å². The second-order valence-corrected chi connectivity index (χ2v) is 10.7. The first-order valence-corrected chi connectivity index (χ1v) is 13.3. The number of carbonyl (C=O) groups excluding carboxylic acids is 2. The first-order valence-electron chi connectivity index (χ1n) is 13.3. The molecule has 2 bridgehead atoms. The molecule has 4 aliphatic rings. The Balaban J connectivity index is 1.19. The highest BCUT2D eigenvalue weighted by molar-refractivity contribution is 5.82. The number of aliphatic hydroxyl groups is 1. The number of carboxylic acid groups (broad SMARTS) is 1. The van der Waals surface area contributed by atoms with Gasteiger partial charge in [-0.15, -0.1) is 0 Å². The average molecular weight is 535 g/mol. The highest BCUT2D eigenvalue weighted by atomic mass is 16.6. The molecule has 9 nitrogen and oxygen atoms in total. The van der Waals surface area contributed by atoms with Crippen LogP contribution in [-0.2, 0) is 35.7 Å². The molecular weight excluding hydrogens is 504 g/mol. The summed E-state index contributed by atoms with van der Waals surface area (Å²) in [5.41, 5.74) is 0.636. The van der Waals surface area contributed by atoms with Crippen molar-refractivity contribution in [3.8, 4) is 11.5 Å². The quantitative estimate of drug-likeness (QED) is 0.487. The smallest absolute Gasteiger partial charge is 0.349 e. The molecule has 0 aromatic heterocycles. The van der Waals surface area contributed by atoms with Crippen LogP contribution in [0.3, 0.4) is 0 Å². The number of ether oxygens (including phenoxy) is 4. The maximum absolute atomic E-state index is 12.9. The number of aliphatic carboxylic acids is 1. The Morgan fingerprint density at radius 3 is 2.62 bits per heavy atom. The minimum Gasteiger partial charge on any atom is -0.493 e. The van der Waals surface area contributed by atoms with Gasteiger partial charge in [-0.05, 0) is 49.3 Å². The third-order valence-corrected chi connectivity index (χ3v) is 8.81. The molecule has 39 heavy (non-hydrogen) atoms. The van der Waals surface area contributed by atoms with Crippen LogP contribution in [0.25, 0.3) is 0 Å². The fourth-order valence-corrected chi connectivity index (χ4v) is 7.15. The van der Waals surface area contributed by atoms with E-state index in [-0.39, 0.29) is 18.8 Å². The Morgan fingerprint density at radius 2 is 1.87 bits per heavy atom. The molecule has 0 saturated heterocycles. The Labute approximate surface area is 225 Å². The summed E-state index contributed by atoms with van der Waals surface area (Å²) in [5.74, 6) is -1.24. The standard InChI is InChI=1S/C30H30O9/c1-36-20-10-9-18-16-19-8-5-14-29-24(18)26(20)39-27(29)21(13-15-30(19,29)35)37-22(31)11-12-23(32)38-25(28(33)34)17-6-3-2-4-7-17/h2-4,6-7,9-10,13,19,25,27,35H,5,8,11-12,14-16H2,1H3,(H,33,34)/t19-,25+,27+,29+,30-/m1/s1. The number of esters is 2. The predicted molar refractivity (Wildman–Crippen MR) is 136 cm³/mol. The van der Waals surface area contributed by atoms with Crippen molar-refractivity contribution in [1.29, 1.82) is 0 Å². The lowest BCUT2D eigenvalue weighted by Gasteiger charge is -2.59. The second-order valence-electron chi connectivity index (χ2n) is 10.7. The van der Waals surface area contributed by atoms with E-state index in [2.05, 4.69) is 0 Å². The Hall–Kier alpha value is -3.85. The van der Waals surface area contributed by atoms with Crippen LogP contribution in [0.1, 0.15) is 61.3 Å². The van der Waals surface area contributed by atoms with E-state index in [0.717, 1.165) is 30.4 Å². The lowest BCUT2D eigenvalue weighted by atomic mass is 9.47. The minimum absolute atomic E-state index is 0.0688. The number of carbonyl (C=O) groups is 3. The summed E-state index contributed by atoms with van der Waals surface area (Å²) in [6.07, 6.45) is 2.53. The van der Waals surface area contributed by atoms with E-state index < -0.39 is 41.1 Å². The molecule has 5 atom stereocenters. The fraction of sp³-hybridized carbons (Fsp3) is 0.433. The van der Waals surface area contributed by atoms with E-state index in [0.29, 0.717) is 35.7 Å². The summed E-state index contributed by atoms with van der Waals surface area (Å²) >= 11 is 0. The zero-order valence-electron chi connectivity index (χ0n) is 21.6. The summed E-state index contributed by atoms with van der Waals surface area (Å²) in [7, 11) is 1.57. The first-order chi connectivity index (χ1) is 18.8. The molecule has 9 heteroatoms. The van der Waals surface area contributed by atoms with E-state index in [1.165, 1.54) is 0 Å². The molecule has 1 aliphatic heterocycles. The molecule has 2 N–H and O–H groups in total. The summed E-state index contributed by atoms with van der Waals surface area (Å²) in [5, 5.41) is 21.6. The largest absolute Gasteiger partial charge is 0.493 e. The highest BCUT2D eigenvalue weighted by Gasteiger charge is 2.70. The van der Waals surface area contributed by atoms with Crippen LogP contribution in [-0.4, -0.2) is 46.9 Å². The number of hydrogen-bond donors (Lipinski definition) is 2. The SMILES string of the molecule is COc1ccc2c3c1O[C@H]1C(OC(=O)CCC(=O)O[C@H](C(=O)O)c4ccccc4)=CC[C@@]4(O)[C@H](CCC[C@]314)C2. The maximum Gasteiger partial charge on any atom is 0.349 e. The first kappa shape index (κ1) is 25.4. The highest BCUT2D eigenvalue weighted by Crippen LogP contribution is 2.67. The van der Waals surface area contributed by atoms with Crippen molar-refractivity contribution < 1.29 is 43.5 Å². The number of benzene rings is 2. The van der Waals surface area contributed by atoms with Crippen LogP contribution in [0.4, 0.5) is 0 Å². The van der Waals surface area contributed by atoms with Gasteiger partial charge in [-0.25, -0.2) is 4.79 Å². The number of rotatable bonds is 8. The van der Waals surface area contributed by atoms with E-state index >= 15 is 0 Å². The maximum atomic E-state index is 12.9. The third kappa shape index (κ3) is 3.82. The van der Waals surface area contributed by atoms with Gasteiger partial charge in [0.15, 0.2) is 17.6 Å². The second kappa shape index (κ2) is 9.41. The van der Waals surface area contributed by atoms with Gasteiger partial charge in [0.05, 0.1) is 31.0 Å². The monoisotopic (exact) mass is 534 g/mol. The van der Waals surface area contributed by atoms with Crippen LogP contribution in [0.5, 0.6) is 11.5 Å². The molecule has 0 radical (unpaired) electrons. The van der Waals surface area contributed by atoms with Crippen molar-refractivity contribution in [2.24, 2.45) is 5.92 Å². The molecule has 6 rings (SSSR count). The summed E-state index contributed by atoms with van der Waals surface area (Å²) in [6.45, 7) is 0. The van der Waals surface area contributed by atoms with Crippen molar-refractivity contribution in [1.82, 2.24) is 0 Å². The van der Waals surface area contributed by atoms with Gasteiger partial charge in [-0.1, -0.05) is 42.8 Å². The van der Waals surface area contributed by atoms with Crippen LogP contribution in [0.2, 0.25) is 0 Å². The van der Waals surface area contributed by atoms with Crippen molar-refractivity contribution in [2.45, 2.75) is 68.2 Å². The fourth-order valence-electron chi connectivity index (χ4n) is 7.15. The van der Waals surface area contributed by atoms with Crippen LogP contribution in [0, 0.1) is 5.92 Å². The molecule has 2 aromatic carbocycles. The molecule has 1 fully saturated rings. The summed E-state index contributed by atoms with van der Waals surface area (Å²) in [4.78, 5) is 36.9. The van der Waals surface area contributed by atoms with Gasteiger partial charge < -0.3 is 29.2 Å². The van der Waals surface area contributed by atoms with Gasteiger partial charge in [0.25, 0.3) is 0 Å². The molecule has 1 spiro atoms. The minimum atomic E-state index is -1.47. The number of hydrogen-bond acceptors (Lipinski definition) is 8.